The lowest BCUT2D eigenvalue weighted by Crippen LogP contribution is -2.40. The molecule has 5 rings (SSSR count). The van der Waals surface area contributed by atoms with Crippen molar-refractivity contribution >= 4 is 28.5 Å². The first-order valence-electron chi connectivity index (χ1n) is 9.88. The molecule has 0 unspecified atom stereocenters. The number of para-hydroxylation sites is 2. The van der Waals surface area contributed by atoms with Gasteiger partial charge in [-0.15, -0.1) is 5.10 Å². The normalized spacial score (nSPS) is 14.0. The minimum absolute atomic E-state index is 0.0897. The molecule has 0 spiro atoms. The molecule has 4 aromatic rings. The van der Waals surface area contributed by atoms with E-state index in [0.29, 0.717) is 43.0 Å². The first kappa shape index (κ1) is 19.0. The summed E-state index contributed by atoms with van der Waals surface area (Å²) in [5.41, 5.74) is 1.75. The smallest absolute Gasteiger partial charge is 0.291 e. The molecule has 156 valence electrons. The molecular formula is C22H19N5O4. The van der Waals surface area contributed by atoms with E-state index in [4.69, 9.17) is 9.15 Å². The monoisotopic (exact) mass is 417 g/mol. The highest BCUT2D eigenvalue weighted by molar-refractivity contribution is 6.13. The predicted molar refractivity (Wildman–Crippen MR) is 112 cm³/mol. The van der Waals surface area contributed by atoms with Crippen LogP contribution in [-0.2, 0) is 4.74 Å². The van der Waals surface area contributed by atoms with Crippen molar-refractivity contribution in [3.05, 3.63) is 72.2 Å². The number of nitrogens with zero attached hydrogens (tertiary/aromatic N) is 4. The summed E-state index contributed by atoms with van der Waals surface area (Å²) < 4.78 is 12.7. The molecule has 9 nitrogen and oxygen atoms in total. The number of aromatic nitrogens is 3. The zero-order valence-electron chi connectivity index (χ0n) is 16.5. The van der Waals surface area contributed by atoms with Crippen molar-refractivity contribution in [3.8, 4) is 5.69 Å². The average Bonchev–Trinajstić information content (AvgIpc) is 3.46. The standard InChI is InChI=1S/C22H19N5O4/c28-21(17-14-27(25-24-17)15-6-2-1-3-7-15)23-19-16-8-4-5-9-18(16)31-20(19)22(29)26-10-12-30-13-11-26/h1-9,14H,10-13H2,(H,23,28). The van der Waals surface area contributed by atoms with Crippen LogP contribution in [0, 0.1) is 0 Å². The van der Waals surface area contributed by atoms with Crippen molar-refractivity contribution in [2.45, 2.75) is 0 Å². The largest absolute Gasteiger partial charge is 0.449 e. The fraction of sp³-hybridized carbons (Fsp3) is 0.182. The maximum Gasteiger partial charge on any atom is 0.291 e. The van der Waals surface area contributed by atoms with Crippen molar-refractivity contribution in [2.75, 3.05) is 31.6 Å². The Hall–Kier alpha value is -3.98. The van der Waals surface area contributed by atoms with Crippen LogP contribution in [0.15, 0.2) is 65.2 Å². The number of hydrogen-bond donors (Lipinski definition) is 1. The first-order chi connectivity index (χ1) is 15.2. The SMILES string of the molecule is O=C(Nc1c(C(=O)N2CCOCC2)oc2ccccc12)c1cn(-c2ccccc2)nn1. The van der Waals surface area contributed by atoms with Crippen LogP contribution >= 0.6 is 0 Å². The van der Waals surface area contributed by atoms with Gasteiger partial charge in [-0.3, -0.25) is 9.59 Å². The van der Waals surface area contributed by atoms with E-state index < -0.39 is 5.91 Å². The number of rotatable bonds is 4. The van der Waals surface area contributed by atoms with Gasteiger partial charge >= 0.3 is 0 Å². The second-order valence-corrected chi connectivity index (χ2v) is 7.04. The Morgan fingerprint density at radius 1 is 0.968 bits per heavy atom. The van der Waals surface area contributed by atoms with E-state index >= 15 is 0 Å². The number of morpholine rings is 1. The summed E-state index contributed by atoms with van der Waals surface area (Å²) >= 11 is 0. The topological polar surface area (TPSA) is 102 Å². The van der Waals surface area contributed by atoms with Crippen molar-refractivity contribution < 1.29 is 18.7 Å². The average molecular weight is 417 g/mol. The van der Waals surface area contributed by atoms with Crippen LogP contribution in [0.25, 0.3) is 16.7 Å². The highest BCUT2D eigenvalue weighted by Crippen LogP contribution is 2.32. The van der Waals surface area contributed by atoms with Gasteiger partial charge in [-0.05, 0) is 24.3 Å². The summed E-state index contributed by atoms with van der Waals surface area (Å²) in [6.07, 6.45) is 1.54. The van der Waals surface area contributed by atoms with Crippen molar-refractivity contribution in [1.82, 2.24) is 19.9 Å². The van der Waals surface area contributed by atoms with E-state index in [-0.39, 0.29) is 17.4 Å². The third-order valence-corrected chi connectivity index (χ3v) is 5.07. The Bertz CT molecular complexity index is 1240. The van der Waals surface area contributed by atoms with E-state index in [1.54, 1.807) is 17.0 Å². The Balaban J connectivity index is 1.46. The van der Waals surface area contributed by atoms with E-state index in [2.05, 4.69) is 15.6 Å². The number of carbonyl (C=O) groups excluding carboxylic acids is 2. The molecule has 2 aromatic heterocycles. The summed E-state index contributed by atoms with van der Waals surface area (Å²) in [6, 6.07) is 16.5. The van der Waals surface area contributed by atoms with Gasteiger partial charge in [0.2, 0.25) is 5.76 Å². The molecule has 2 amide bonds. The molecule has 3 heterocycles. The summed E-state index contributed by atoms with van der Waals surface area (Å²) in [6.45, 7) is 1.87. The lowest BCUT2D eigenvalue weighted by Gasteiger charge is -2.26. The van der Waals surface area contributed by atoms with E-state index in [1.807, 2.05) is 42.5 Å². The van der Waals surface area contributed by atoms with Crippen LogP contribution in [0.2, 0.25) is 0 Å². The van der Waals surface area contributed by atoms with Crippen molar-refractivity contribution in [2.24, 2.45) is 0 Å². The highest BCUT2D eigenvalue weighted by Gasteiger charge is 2.28. The van der Waals surface area contributed by atoms with E-state index in [1.165, 1.54) is 10.9 Å². The van der Waals surface area contributed by atoms with Crippen LogP contribution < -0.4 is 5.32 Å². The molecule has 1 saturated heterocycles. The Morgan fingerprint density at radius 3 is 2.52 bits per heavy atom. The molecule has 0 radical (unpaired) electrons. The van der Waals surface area contributed by atoms with Crippen molar-refractivity contribution in [3.63, 3.8) is 0 Å². The lowest BCUT2D eigenvalue weighted by atomic mass is 10.2. The fourth-order valence-electron chi connectivity index (χ4n) is 3.48. The fourth-order valence-corrected chi connectivity index (χ4v) is 3.48. The molecule has 1 fully saturated rings. The number of carbonyl (C=O) groups is 2. The minimum Gasteiger partial charge on any atom is -0.449 e. The number of hydrogen-bond acceptors (Lipinski definition) is 6. The molecule has 31 heavy (non-hydrogen) atoms. The molecule has 2 aromatic carbocycles. The molecule has 1 aliphatic rings. The highest BCUT2D eigenvalue weighted by atomic mass is 16.5. The summed E-state index contributed by atoms with van der Waals surface area (Å²) in [5.74, 6) is -0.681. The number of fused-ring (bicyclic) bond motifs is 1. The van der Waals surface area contributed by atoms with E-state index in [9.17, 15) is 9.59 Å². The maximum absolute atomic E-state index is 13.1. The van der Waals surface area contributed by atoms with Gasteiger partial charge in [-0.25, -0.2) is 4.68 Å². The Morgan fingerprint density at radius 2 is 1.71 bits per heavy atom. The Kier molecular flexibility index (Phi) is 4.93. The first-order valence-corrected chi connectivity index (χ1v) is 9.88. The maximum atomic E-state index is 13.1. The third kappa shape index (κ3) is 3.66. The second-order valence-electron chi connectivity index (χ2n) is 7.04. The van der Waals surface area contributed by atoms with Gasteiger partial charge in [0.05, 0.1) is 25.1 Å². The molecule has 1 aliphatic heterocycles. The van der Waals surface area contributed by atoms with Gasteiger partial charge in [0.25, 0.3) is 11.8 Å². The quantitative estimate of drug-likeness (QED) is 0.548. The lowest BCUT2D eigenvalue weighted by molar-refractivity contribution is 0.0285. The van der Waals surface area contributed by atoms with Crippen LogP contribution in [0.5, 0.6) is 0 Å². The van der Waals surface area contributed by atoms with Crippen LogP contribution in [0.3, 0.4) is 0 Å². The molecule has 0 bridgehead atoms. The molecule has 1 N–H and O–H groups in total. The van der Waals surface area contributed by atoms with Gasteiger partial charge < -0.3 is 19.4 Å². The number of benzene rings is 2. The van der Waals surface area contributed by atoms with E-state index in [0.717, 1.165) is 5.69 Å². The molecular weight excluding hydrogens is 398 g/mol. The van der Waals surface area contributed by atoms with Gasteiger partial charge in [0.1, 0.15) is 11.3 Å². The Labute approximate surface area is 177 Å². The summed E-state index contributed by atoms with van der Waals surface area (Å²) in [5, 5.41) is 11.4. The number of amides is 2. The molecule has 0 aliphatic carbocycles. The van der Waals surface area contributed by atoms with Gasteiger partial charge in [-0.1, -0.05) is 35.5 Å². The van der Waals surface area contributed by atoms with Crippen LogP contribution in [0.1, 0.15) is 21.0 Å². The number of nitrogens with one attached hydrogen (secondary N) is 1. The minimum atomic E-state index is -0.482. The predicted octanol–water partition coefficient (Wildman–Crippen LogP) is 2.74. The zero-order valence-corrected chi connectivity index (χ0v) is 16.5. The van der Waals surface area contributed by atoms with Gasteiger partial charge in [0.15, 0.2) is 5.69 Å². The van der Waals surface area contributed by atoms with Gasteiger partial charge in [-0.2, -0.15) is 0 Å². The second kappa shape index (κ2) is 8.04. The zero-order chi connectivity index (χ0) is 21.2. The van der Waals surface area contributed by atoms with Crippen LogP contribution in [0.4, 0.5) is 5.69 Å². The number of anilines is 1. The molecule has 9 heteroatoms. The van der Waals surface area contributed by atoms with Crippen molar-refractivity contribution in [1.29, 1.82) is 0 Å². The molecule has 0 atom stereocenters. The third-order valence-electron chi connectivity index (χ3n) is 5.07. The summed E-state index contributed by atoms with van der Waals surface area (Å²) in [7, 11) is 0. The summed E-state index contributed by atoms with van der Waals surface area (Å²) in [4.78, 5) is 27.7. The van der Waals surface area contributed by atoms with Gasteiger partial charge in [0, 0.05) is 18.5 Å². The molecule has 0 saturated carbocycles. The van der Waals surface area contributed by atoms with Crippen LogP contribution in [-0.4, -0.2) is 58.0 Å². The number of furan rings is 1. The number of ether oxygens (including phenoxy) is 1.